The monoisotopic (exact) mass is 285 g/mol. The topological polar surface area (TPSA) is 41.9 Å². The van der Waals surface area contributed by atoms with E-state index in [4.69, 9.17) is 21.1 Å². The molecule has 1 unspecified atom stereocenters. The third-order valence-corrected chi connectivity index (χ3v) is 3.75. The van der Waals surface area contributed by atoms with Gasteiger partial charge in [-0.1, -0.05) is 11.6 Å². The highest BCUT2D eigenvalue weighted by Crippen LogP contribution is 2.34. The summed E-state index contributed by atoms with van der Waals surface area (Å²) in [6, 6.07) is 3.41. The molecular formula is C14H20ClNO3. The van der Waals surface area contributed by atoms with Gasteiger partial charge in [0.15, 0.2) is 11.5 Å². The zero-order chi connectivity index (χ0) is 13.8. The van der Waals surface area contributed by atoms with Gasteiger partial charge in [0.1, 0.15) is 0 Å². The van der Waals surface area contributed by atoms with Crippen LogP contribution in [0.1, 0.15) is 18.4 Å². The first-order chi connectivity index (χ1) is 9.13. The Labute approximate surface area is 118 Å². The molecule has 0 aliphatic carbocycles. The fraction of sp³-hybridized carbons (Fsp3) is 0.571. The van der Waals surface area contributed by atoms with Gasteiger partial charge in [-0.05, 0) is 25.5 Å². The minimum atomic E-state index is 0.173. The number of aromatic hydroxyl groups is 1. The van der Waals surface area contributed by atoms with E-state index < -0.39 is 0 Å². The van der Waals surface area contributed by atoms with Crippen LogP contribution < -0.4 is 4.74 Å². The predicted octanol–water partition coefficient (Wildman–Crippen LogP) is 2.67. The number of nitrogens with zero attached hydrogens (tertiary/aromatic N) is 1. The van der Waals surface area contributed by atoms with Gasteiger partial charge in [-0.15, -0.1) is 0 Å². The van der Waals surface area contributed by atoms with Crippen LogP contribution in [0.15, 0.2) is 12.1 Å². The van der Waals surface area contributed by atoms with Crippen molar-refractivity contribution in [3.05, 3.63) is 22.7 Å². The van der Waals surface area contributed by atoms with Crippen LogP contribution in [0.5, 0.6) is 11.5 Å². The van der Waals surface area contributed by atoms with Crippen LogP contribution in [0.4, 0.5) is 0 Å². The second kappa shape index (κ2) is 6.46. The van der Waals surface area contributed by atoms with Gasteiger partial charge < -0.3 is 14.6 Å². The van der Waals surface area contributed by atoms with Crippen LogP contribution in [0.25, 0.3) is 0 Å². The van der Waals surface area contributed by atoms with Crippen molar-refractivity contribution in [2.45, 2.75) is 25.5 Å². The molecule has 106 valence electrons. The summed E-state index contributed by atoms with van der Waals surface area (Å²) >= 11 is 6.04. The molecule has 1 heterocycles. The number of ether oxygens (including phenoxy) is 2. The van der Waals surface area contributed by atoms with Crippen molar-refractivity contribution in [3.8, 4) is 11.5 Å². The minimum Gasteiger partial charge on any atom is -0.504 e. The van der Waals surface area contributed by atoms with E-state index in [2.05, 4.69) is 4.90 Å². The Morgan fingerprint density at radius 3 is 2.89 bits per heavy atom. The van der Waals surface area contributed by atoms with Crippen molar-refractivity contribution in [1.29, 1.82) is 0 Å². The van der Waals surface area contributed by atoms with Crippen LogP contribution in [0, 0.1) is 0 Å². The predicted molar refractivity (Wildman–Crippen MR) is 75.0 cm³/mol. The molecule has 5 heteroatoms. The van der Waals surface area contributed by atoms with E-state index >= 15 is 0 Å². The summed E-state index contributed by atoms with van der Waals surface area (Å²) in [6.07, 6.45) is 2.48. The van der Waals surface area contributed by atoms with Crippen LogP contribution in [0.2, 0.25) is 5.02 Å². The van der Waals surface area contributed by atoms with Gasteiger partial charge in [0.2, 0.25) is 0 Å². The summed E-state index contributed by atoms with van der Waals surface area (Å²) in [5.74, 6) is 0.592. The molecule has 1 saturated heterocycles. The summed E-state index contributed by atoms with van der Waals surface area (Å²) in [7, 11) is 3.27. The van der Waals surface area contributed by atoms with Gasteiger partial charge in [-0.3, -0.25) is 4.90 Å². The Hall–Kier alpha value is -0.970. The molecule has 0 saturated carbocycles. The highest BCUT2D eigenvalue weighted by molar-refractivity contribution is 6.30. The van der Waals surface area contributed by atoms with Gasteiger partial charge >= 0.3 is 0 Å². The largest absolute Gasteiger partial charge is 0.504 e. The molecule has 0 aromatic heterocycles. The van der Waals surface area contributed by atoms with E-state index in [0.717, 1.165) is 31.5 Å². The molecule has 0 bridgehead atoms. The number of halogens is 1. The molecule has 0 spiro atoms. The summed E-state index contributed by atoms with van der Waals surface area (Å²) < 4.78 is 10.5. The lowest BCUT2D eigenvalue weighted by molar-refractivity contribution is 0.0283. The lowest BCUT2D eigenvalue weighted by Gasteiger charge is -2.32. The van der Waals surface area contributed by atoms with E-state index in [1.165, 1.54) is 7.11 Å². The number of piperidine rings is 1. The Morgan fingerprint density at radius 2 is 2.21 bits per heavy atom. The Morgan fingerprint density at radius 1 is 1.42 bits per heavy atom. The average Bonchev–Trinajstić information content (AvgIpc) is 2.42. The maximum Gasteiger partial charge on any atom is 0.162 e. The maximum atomic E-state index is 10.1. The van der Waals surface area contributed by atoms with Crippen molar-refractivity contribution < 1.29 is 14.6 Å². The molecule has 1 fully saturated rings. The van der Waals surface area contributed by atoms with Gasteiger partial charge in [-0.25, -0.2) is 0 Å². The zero-order valence-electron chi connectivity index (χ0n) is 11.4. The second-order valence-electron chi connectivity index (χ2n) is 4.85. The van der Waals surface area contributed by atoms with Gasteiger partial charge in [-0.2, -0.15) is 0 Å². The van der Waals surface area contributed by atoms with Crippen molar-refractivity contribution >= 4 is 11.6 Å². The molecule has 4 nitrogen and oxygen atoms in total. The molecule has 1 aromatic rings. The second-order valence-corrected chi connectivity index (χ2v) is 5.29. The van der Waals surface area contributed by atoms with E-state index in [9.17, 15) is 5.11 Å². The molecule has 0 radical (unpaired) electrons. The number of rotatable bonds is 4. The number of phenolic OH excluding ortho intramolecular Hbond substituents is 1. The molecule has 1 aliphatic heterocycles. The number of hydrogen-bond donors (Lipinski definition) is 1. The minimum absolute atomic E-state index is 0.173. The number of methoxy groups -OCH3 is 2. The third-order valence-electron chi connectivity index (χ3n) is 3.53. The number of hydrogen-bond acceptors (Lipinski definition) is 4. The molecule has 19 heavy (non-hydrogen) atoms. The normalized spacial score (nSPS) is 20.5. The van der Waals surface area contributed by atoms with Gasteiger partial charge in [0, 0.05) is 36.9 Å². The highest BCUT2D eigenvalue weighted by Gasteiger charge is 2.21. The Bertz CT molecular complexity index is 439. The van der Waals surface area contributed by atoms with Crippen molar-refractivity contribution in [3.63, 3.8) is 0 Å². The third kappa shape index (κ3) is 3.53. The first kappa shape index (κ1) is 14.4. The quantitative estimate of drug-likeness (QED) is 0.923. The Kier molecular flexibility index (Phi) is 4.91. The van der Waals surface area contributed by atoms with Gasteiger partial charge in [0.25, 0.3) is 0 Å². The molecule has 0 amide bonds. The molecule has 1 aromatic carbocycles. The van der Waals surface area contributed by atoms with Crippen molar-refractivity contribution in [2.75, 3.05) is 27.3 Å². The molecule has 1 N–H and O–H groups in total. The standard InChI is InChI=1S/C14H20ClNO3/c1-18-12-4-3-5-16(9-12)8-10-6-11(15)7-13(19-2)14(10)17/h6-7,12,17H,3-5,8-9H2,1-2H3. The SMILES string of the molecule is COc1cc(Cl)cc(CN2CCCC(OC)C2)c1O. The van der Waals surface area contributed by atoms with Crippen LogP contribution >= 0.6 is 11.6 Å². The first-order valence-corrected chi connectivity index (χ1v) is 6.82. The van der Waals surface area contributed by atoms with E-state index in [0.29, 0.717) is 17.3 Å². The van der Waals surface area contributed by atoms with Crippen LogP contribution in [0.3, 0.4) is 0 Å². The number of benzene rings is 1. The summed E-state index contributed by atoms with van der Waals surface area (Å²) in [5.41, 5.74) is 0.793. The fourth-order valence-electron chi connectivity index (χ4n) is 2.49. The summed E-state index contributed by atoms with van der Waals surface area (Å²) in [5, 5.41) is 10.7. The highest BCUT2D eigenvalue weighted by atomic mass is 35.5. The van der Waals surface area contributed by atoms with E-state index in [1.54, 1.807) is 19.2 Å². The fourth-order valence-corrected chi connectivity index (χ4v) is 2.73. The summed E-state index contributed by atoms with van der Waals surface area (Å²) in [6.45, 7) is 2.54. The summed E-state index contributed by atoms with van der Waals surface area (Å²) in [4.78, 5) is 2.27. The lowest BCUT2D eigenvalue weighted by atomic mass is 10.1. The van der Waals surface area contributed by atoms with E-state index in [-0.39, 0.29) is 11.9 Å². The smallest absolute Gasteiger partial charge is 0.162 e. The lowest BCUT2D eigenvalue weighted by Crippen LogP contribution is -2.38. The molecule has 1 atom stereocenters. The van der Waals surface area contributed by atoms with Crippen molar-refractivity contribution in [1.82, 2.24) is 4.90 Å². The van der Waals surface area contributed by atoms with Gasteiger partial charge in [0.05, 0.1) is 13.2 Å². The maximum absolute atomic E-state index is 10.1. The molecule has 2 rings (SSSR count). The van der Waals surface area contributed by atoms with Crippen LogP contribution in [-0.2, 0) is 11.3 Å². The first-order valence-electron chi connectivity index (χ1n) is 6.44. The van der Waals surface area contributed by atoms with Crippen LogP contribution in [-0.4, -0.2) is 43.4 Å². The average molecular weight is 286 g/mol. The number of likely N-dealkylation sites (tertiary alicyclic amines) is 1. The van der Waals surface area contributed by atoms with Crippen molar-refractivity contribution in [2.24, 2.45) is 0 Å². The number of phenols is 1. The Balaban J connectivity index is 2.12. The van der Waals surface area contributed by atoms with E-state index in [1.807, 2.05) is 0 Å². The zero-order valence-corrected chi connectivity index (χ0v) is 12.1. The molecule has 1 aliphatic rings. The molecular weight excluding hydrogens is 266 g/mol.